The number of anilines is 1. The number of thioether (sulfide) groups is 1. The molecule has 156 valence electrons. The van der Waals surface area contributed by atoms with Gasteiger partial charge in [-0.2, -0.15) is 4.68 Å². The highest BCUT2D eigenvalue weighted by atomic mass is 32.2. The number of benzene rings is 1. The maximum Gasteiger partial charge on any atom is 0.341 e. The van der Waals surface area contributed by atoms with E-state index in [0.717, 1.165) is 29.7 Å². The van der Waals surface area contributed by atoms with Crippen LogP contribution in [0.25, 0.3) is 5.69 Å². The highest BCUT2D eigenvalue weighted by Crippen LogP contribution is 2.39. The first kappa shape index (κ1) is 20.4. The van der Waals surface area contributed by atoms with Crippen LogP contribution in [0.4, 0.5) is 5.00 Å². The average Bonchev–Trinajstić information content (AvgIpc) is 3.43. The molecule has 0 atom stereocenters. The third-order valence-corrected chi connectivity index (χ3v) is 6.65. The third-order valence-electron chi connectivity index (χ3n) is 4.52. The van der Waals surface area contributed by atoms with Gasteiger partial charge in [-0.15, -0.1) is 16.4 Å². The number of thiophene rings is 1. The number of amides is 1. The highest BCUT2D eigenvalue weighted by molar-refractivity contribution is 7.99. The van der Waals surface area contributed by atoms with Crippen molar-refractivity contribution < 1.29 is 19.4 Å². The van der Waals surface area contributed by atoms with Gasteiger partial charge in [0.25, 0.3) is 0 Å². The predicted octanol–water partition coefficient (Wildman–Crippen LogP) is 2.83. The van der Waals surface area contributed by atoms with E-state index in [1.54, 1.807) is 19.1 Å². The van der Waals surface area contributed by atoms with Crippen LogP contribution in [0.15, 0.2) is 29.4 Å². The molecule has 0 bridgehead atoms. The summed E-state index contributed by atoms with van der Waals surface area (Å²) in [7, 11) is 0. The summed E-state index contributed by atoms with van der Waals surface area (Å²) in [6, 6.07) is 6.42. The lowest BCUT2D eigenvalue weighted by Gasteiger charge is -2.08. The Labute approximate surface area is 180 Å². The Morgan fingerprint density at radius 1 is 1.30 bits per heavy atom. The number of hydrogen-bond acceptors (Lipinski definition) is 9. The number of tetrazole rings is 1. The third kappa shape index (κ3) is 4.17. The summed E-state index contributed by atoms with van der Waals surface area (Å²) in [5, 5.41) is 24.8. The van der Waals surface area contributed by atoms with Crippen LogP contribution in [0.5, 0.6) is 5.75 Å². The molecule has 2 heterocycles. The summed E-state index contributed by atoms with van der Waals surface area (Å²) in [5.41, 5.74) is 2.15. The zero-order valence-corrected chi connectivity index (χ0v) is 17.8. The van der Waals surface area contributed by atoms with Crippen LogP contribution in [-0.4, -0.2) is 49.6 Å². The normalized spacial score (nSPS) is 12.6. The van der Waals surface area contributed by atoms with E-state index in [-0.39, 0.29) is 24.0 Å². The zero-order valence-electron chi connectivity index (χ0n) is 16.1. The van der Waals surface area contributed by atoms with Crippen molar-refractivity contribution >= 4 is 40.0 Å². The van der Waals surface area contributed by atoms with Gasteiger partial charge in [0.2, 0.25) is 11.1 Å². The number of aromatic nitrogens is 4. The Morgan fingerprint density at radius 2 is 2.10 bits per heavy atom. The maximum atomic E-state index is 12.6. The topological polar surface area (TPSA) is 119 Å². The van der Waals surface area contributed by atoms with Crippen LogP contribution in [0.1, 0.15) is 34.1 Å². The highest BCUT2D eigenvalue weighted by Gasteiger charge is 2.28. The number of nitrogens with one attached hydrogen (secondary N) is 1. The molecule has 9 nitrogen and oxygen atoms in total. The molecule has 0 unspecified atom stereocenters. The number of phenols is 1. The lowest BCUT2D eigenvalue weighted by Crippen LogP contribution is -2.17. The molecule has 4 rings (SSSR count). The number of esters is 1. The molecule has 1 aromatic carbocycles. The lowest BCUT2D eigenvalue weighted by molar-refractivity contribution is -0.113. The molecule has 1 aliphatic rings. The number of aryl methyl sites for hydroxylation is 1. The van der Waals surface area contributed by atoms with Crippen molar-refractivity contribution in [3.05, 3.63) is 40.3 Å². The van der Waals surface area contributed by atoms with Gasteiger partial charge in [-0.25, -0.2) is 4.79 Å². The van der Waals surface area contributed by atoms with Gasteiger partial charge in [-0.05, 0) is 66.4 Å². The van der Waals surface area contributed by atoms with E-state index < -0.39 is 5.97 Å². The minimum atomic E-state index is -0.392. The summed E-state index contributed by atoms with van der Waals surface area (Å²) in [6.45, 7) is 2.05. The van der Waals surface area contributed by atoms with Gasteiger partial charge in [0, 0.05) is 4.88 Å². The Kier molecular flexibility index (Phi) is 6.00. The minimum Gasteiger partial charge on any atom is -0.508 e. The van der Waals surface area contributed by atoms with Crippen molar-refractivity contribution in [1.29, 1.82) is 0 Å². The number of nitrogens with zero attached hydrogens (tertiary/aromatic N) is 4. The molecule has 30 heavy (non-hydrogen) atoms. The van der Waals surface area contributed by atoms with Crippen LogP contribution in [-0.2, 0) is 22.4 Å². The van der Waals surface area contributed by atoms with Crippen LogP contribution < -0.4 is 5.32 Å². The Morgan fingerprint density at radius 3 is 2.87 bits per heavy atom. The van der Waals surface area contributed by atoms with Crippen LogP contribution in [0, 0.1) is 0 Å². The fourth-order valence-electron chi connectivity index (χ4n) is 3.23. The first-order valence-corrected chi connectivity index (χ1v) is 11.2. The van der Waals surface area contributed by atoms with E-state index in [4.69, 9.17) is 4.74 Å². The second-order valence-electron chi connectivity index (χ2n) is 6.51. The van der Waals surface area contributed by atoms with Gasteiger partial charge in [-0.1, -0.05) is 11.8 Å². The van der Waals surface area contributed by atoms with Crippen molar-refractivity contribution in [3.63, 3.8) is 0 Å². The number of ether oxygens (including phenoxy) is 1. The van der Waals surface area contributed by atoms with Gasteiger partial charge in [-0.3, -0.25) is 4.79 Å². The van der Waals surface area contributed by atoms with Crippen molar-refractivity contribution in [2.45, 2.75) is 31.3 Å². The fourth-order valence-corrected chi connectivity index (χ4v) is 5.21. The van der Waals surface area contributed by atoms with Gasteiger partial charge in [0.1, 0.15) is 10.8 Å². The van der Waals surface area contributed by atoms with Crippen molar-refractivity contribution in [2.75, 3.05) is 17.7 Å². The Bertz CT molecular complexity index is 1080. The van der Waals surface area contributed by atoms with Crippen LogP contribution >= 0.6 is 23.1 Å². The zero-order chi connectivity index (χ0) is 21.1. The van der Waals surface area contributed by atoms with Gasteiger partial charge in [0.15, 0.2) is 0 Å². The van der Waals surface area contributed by atoms with Gasteiger partial charge >= 0.3 is 5.97 Å². The molecule has 0 saturated carbocycles. The van der Waals surface area contributed by atoms with Crippen LogP contribution in [0.3, 0.4) is 0 Å². The summed E-state index contributed by atoms with van der Waals surface area (Å²) >= 11 is 2.62. The summed E-state index contributed by atoms with van der Waals surface area (Å²) in [6.07, 6.45) is 2.75. The number of aromatic hydroxyl groups is 1. The van der Waals surface area contributed by atoms with Crippen molar-refractivity contribution in [1.82, 2.24) is 20.2 Å². The maximum absolute atomic E-state index is 12.6. The summed E-state index contributed by atoms with van der Waals surface area (Å²) < 4.78 is 6.68. The first-order valence-electron chi connectivity index (χ1n) is 9.39. The molecule has 0 fully saturated rings. The predicted molar refractivity (Wildman–Crippen MR) is 112 cm³/mol. The fraction of sp³-hybridized carbons (Fsp3) is 0.316. The molecular formula is C19H19N5O4S2. The quantitative estimate of drug-likeness (QED) is 0.421. The molecule has 0 saturated heterocycles. The standard InChI is InChI=1S/C19H19N5O4S2/c1-2-28-18(27)16-13-4-3-5-14(13)30-17(16)20-15(26)10-29-19-21-22-23-24(19)11-6-8-12(25)9-7-11/h6-9,25H,2-5,10H2,1H3,(H,20,26). The average molecular weight is 446 g/mol. The van der Waals surface area contributed by atoms with Crippen LogP contribution in [0.2, 0.25) is 0 Å². The lowest BCUT2D eigenvalue weighted by atomic mass is 10.1. The molecule has 0 spiro atoms. The Hall–Kier alpha value is -2.92. The van der Waals surface area contributed by atoms with E-state index in [9.17, 15) is 14.7 Å². The number of phenolic OH excluding ortho intramolecular Hbond substituents is 1. The molecular weight excluding hydrogens is 426 g/mol. The molecule has 2 N–H and O–H groups in total. The van der Waals surface area contributed by atoms with E-state index in [1.165, 1.54) is 39.9 Å². The molecule has 1 amide bonds. The monoisotopic (exact) mass is 445 g/mol. The summed E-state index contributed by atoms with van der Waals surface area (Å²) in [4.78, 5) is 26.1. The molecule has 0 radical (unpaired) electrons. The number of carbonyl (C=O) groups excluding carboxylic acids is 2. The summed E-state index contributed by atoms with van der Waals surface area (Å²) in [5.74, 6) is -0.439. The smallest absolute Gasteiger partial charge is 0.341 e. The van der Waals surface area contributed by atoms with E-state index in [2.05, 4.69) is 20.8 Å². The number of rotatable bonds is 7. The molecule has 2 aromatic heterocycles. The molecule has 1 aliphatic carbocycles. The van der Waals surface area contributed by atoms with Gasteiger partial charge in [0.05, 0.1) is 23.6 Å². The Balaban J connectivity index is 1.45. The number of fused-ring (bicyclic) bond motifs is 1. The largest absolute Gasteiger partial charge is 0.508 e. The van der Waals surface area contributed by atoms with E-state index >= 15 is 0 Å². The second-order valence-corrected chi connectivity index (χ2v) is 8.56. The number of carbonyl (C=O) groups is 2. The number of hydrogen-bond donors (Lipinski definition) is 2. The van der Waals surface area contributed by atoms with Crippen molar-refractivity contribution in [2.24, 2.45) is 0 Å². The SMILES string of the molecule is CCOC(=O)c1c(NC(=O)CSc2nnnn2-c2ccc(O)cc2)sc2c1CCC2. The van der Waals surface area contributed by atoms with E-state index in [1.807, 2.05) is 0 Å². The van der Waals surface area contributed by atoms with Gasteiger partial charge < -0.3 is 15.2 Å². The van der Waals surface area contributed by atoms with Crippen molar-refractivity contribution in [3.8, 4) is 11.4 Å². The molecule has 11 heteroatoms. The first-order chi connectivity index (χ1) is 14.6. The molecule has 0 aliphatic heterocycles. The van der Waals surface area contributed by atoms with E-state index in [0.29, 0.717) is 21.4 Å². The minimum absolute atomic E-state index is 0.0727. The second kappa shape index (κ2) is 8.84. The molecule has 3 aromatic rings.